The van der Waals surface area contributed by atoms with Gasteiger partial charge >= 0.3 is 5.97 Å². The maximum absolute atomic E-state index is 12.0. The number of halogens is 1. The van der Waals surface area contributed by atoms with E-state index in [0.717, 1.165) is 25.7 Å². The number of nitrogens with zero attached hydrogens (tertiary/aromatic N) is 1. The largest absolute Gasteiger partial charge is 0.458 e. The van der Waals surface area contributed by atoms with Gasteiger partial charge in [-0.1, -0.05) is 24.9 Å². The number of carbonyl (C=O) groups excluding carboxylic acids is 1. The maximum Gasteiger partial charge on any atom is 0.339 e. The van der Waals surface area contributed by atoms with Gasteiger partial charge in [0.15, 0.2) is 0 Å². The summed E-state index contributed by atoms with van der Waals surface area (Å²) < 4.78 is 5.60. The number of hydrogen-bond donors (Lipinski definition) is 0. The topological polar surface area (TPSA) is 39.2 Å². The second-order valence-electron chi connectivity index (χ2n) is 4.77. The molecule has 1 aromatic heterocycles. The van der Waals surface area contributed by atoms with Crippen LogP contribution in [0.15, 0.2) is 18.3 Å². The summed E-state index contributed by atoms with van der Waals surface area (Å²) in [4.78, 5) is 15.9. The molecule has 1 heterocycles. The summed E-state index contributed by atoms with van der Waals surface area (Å²) in [5, 5.41) is 0.385. The average Bonchev–Trinajstić information content (AvgIpc) is 2.40. The van der Waals surface area contributed by atoms with Crippen LogP contribution < -0.4 is 0 Å². The second-order valence-corrected chi connectivity index (χ2v) is 5.15. The van der Waals surface area contributed by atoms with Crippen molar-refractivity contribution in [1.29, 1.82) is 0 Å². The Bertz CT molecular complexity index is 405. The molecule has 0 spiro atoms. The highest BCUT2D eigenvalue weighted by atomic mass is 35.5. The zero-order valence-electron chi connectivity index (χ0n) is 10.6. The van der Waals surface area contributed by atoms with Crippen molar-refractivity contribution in [2.24, 2.45) is 5.92 Å². The van der Waals surface area contributed by atoms with Crippen molar-refractivity contribution in [3.8, 4) is 0 Å². The molecule has 0 N–H and O–H groups in total. The molecule has 2 unspecified atom stereocenters. The van der Waals surface area contributed by atoms with E-state index in [0.29, 0.717) is 16.6 Å². The monoisotopic (exact) mass is 267 g/mol. The minimum absolute atomic E-state index is 0.0620. The highest BCUT2D eigenvalue weighted by molar-refractivity contribution is 6.29. The Labute approximate surface area is 113 Å². The van der Waals surface area contributed by atoms with Gasteiger partial charge in [-0.2, -0.15) is 0 Å². The molecular formula is C14H18ClNO2. The normalized spacial score (nSPS) is 23.7. The Morgan fingerprint density at radius 2 is 2.22 bits per heavy atom. The Kier molecular flexibility index (Phi) is 4.59. The molecule has 2 rings (SSSR count). The van der Waals surface area contributed by atoms with Gasteiger partial charge in [0.05, 0.1) is 5.56 Å². The summed E-state index contributed by atoms with van der Waals surface area (Å²) in [6.07, 6.45) is 7.12. The molecule has 18 heavy (non-hydrogen) atoms. The van der Waals surface area contributed by atoms with E-state index in [-0.39, 0.29) is 12.1 Å². The molecule has 1 saturated carbocycles. The molecule has 0 saturated heterocycles. The van der Waals surface area contributed by atoms with E-state index in [9.17, 15) is 4.79 Å². The van der Waals surface area contributed by atoms with Gasteiger partial charge in [0, 0.05) is 6.20 Å². The van der Waals surface area contributed by atoms with Gasteiger partial charge in [0.1, 0.15) is 11.3 Å². The van der Waals surface area contributed by atoms with Gasteiger partial charge in [-0.05, 0) is 43.7 Å². The Morgan fingerprint density at radius 3 is 2.89 bits per heavy atom. The second kappa shape index (κ2) is 6.19. The van der Waals surface area contributed by atoms with Crippen LogP contribution in [0.1, 0.15) is 49.4 Å². The summed E-state index contributed by atoms with van der Waals surface area (Å²) in [6, 6.07) is 3.26. The van der Waals surface area contributed by atoms with Gasteiger partial charge in [0.25, 0.3) is 0 Å². The number of carbonyl (C=O) groups is 1. The lowest BCUT2D eigenvalue weighted by molar-refractivity contribution is 0.000671. The van der Waals surface area contributed by atoms with Crippen LogP contribution in [0.4, 0.5) is 0 Å². The van der Waals surface area contributed by atoms with Gasteiger partial charge in [-0.25, -0.2) is 9.78 Å². The van der Waals surface area contributed by atoms with Crippen molar-refractivity contribution in [3.05, 3.63) is 29.0 Å². The van der Waals surface area contributed by atoms with Crippen LogP contribution in [-0.2, 0) is 4.74 Å². The SMILES string of the molecule is CCC1CCCCC1OC(=O)c1ccc(Cl)nc1. The van der Waals surface area contributed by atoms with E-state index >= 15 is 0 Å². The van der Waals surface area contributed by atoms with Crippen LogP contribution in [-0.4, -0.2) is 17.1 Å². The first kappa shape index (κ1) is 13.3. The first-order valence-corrected chi connectivity index (χ1v) is 6.91. The first-order chi connectivity index (χ1) is 8.70. The van der Waals surface area contributed by atoms with Crippen LogP contribution in [0.5, 0.6) is 0 Å². The molecule has 3 nitrogen and oxygen atoms in total. The fourth-order valence-electron chi connectivity index (χ4n) is 2.50. The summed E-state index contributed by atoms with van der Waals surface area (Å²) in [5.74, 6) is 0.215. The van der Waals surface area contributed by atoms with Gasteiger partial charge in [0.2, 0.25) is 0 Å². The number of esters is 1. The Balaban J connectivity index is 1.99. The third kappa shape index (κ3) is 3.22. The molecule has 1 aliphatic rings. The van der Waals surface area contributed by atoms with Gasteiger partial charge < -0.3 is 4.74 Å². The molecule has 0 aliphatic heterocycles. The summed E-state index contributed by atoms with van der Waals surface area (Å²) in [6.45, 7) is 2.15. The minimum Gasteiger partial charge on any atom is -0.458 e. The van der Waals surface area contributed by atoms with Crippen molar-refractivity contribution in [1.82, 2.24) is 4.98 Å². The smallest absolute Gasteiger partial charge is 0.339 e. The molecule has 0 amide bonds. The van der Waals surface area contributed by atoms with Crippen LogP contribution in [0, 0.1) is 5.92 Å². The Morgan fingerprint density at radius 1 is 1.44 bits per heavy atom. The van der Waals surface area contributed by atoms with E-state index in [2.05, 4.69) is 11.9 Å². The van der Waals surface area contributed by atoms with Crippen LogP contribution >= 0.6 is 11.6 Å². The zero-order valence-corrected chi connectivity index (χ0v) is 11.3. The molecule has 1 aromatic rings. The van der Waals surface area contributed by atoms with Crippen molar-refractivity contribution in [3.63, 3.8) is 0 Å². The zero-order chi connectivity index (χ0) is 13.0. The summed E-state index contributed by atoms with van der Waals surface area (Å²) in [7, 11) is 0. The quantitative estimate of drug-likeness (QED) is 0.617. The lowest BCUT2D eigenvalue weighted by Gasteiger charge is -2.30. The minimum atomic E-state index is -0.287. The maximum atomic E-state index is 12.0. The van der Waals surface area contributed by atoms with Gasteiger partial charge in [-0.15, -0.1) is 0 Å². The Hall–Kier alpha value is -1.09. The molecular weight excluding hydrogens is 250 g/mol. The molecule has 0 bridgehead atoms. The third-order valence-electron chi connectivity index (χ3n) is 3.59. The highest BCUT2D eigenvalue weighted by Crippen LogP contribution is 2.29. The predicted octanol–water partition coefficient (Wildman–Crippen LogP) is 3.86. The molecule has 4 heteroatoms. The van der Waals surface area contributed by atoms with Crippen molar-refractivity contribution >= 4 is 17.6 Å². The lowest BCUT2D eigenvalue weighted by Crippen LogP contribution is -2.29. The van der Waals surface area contributed by atoms with Crippen molar-refractivity contribution < 1.29 is 9.53 Å². The van der Waals surface area contributed by atoms with E-state index in [4.69, 9.17) is 16.3 Å². The molecule has 0 aromatic carbocycles. The van der Waals surface area contributed by atoms with Crippen LogP contribution in [0.25, 0.3) is 0 Å². The highest BCUT2D eigenvalue weighted by Gasteiger charge is 2.27. The number of rotatable bonds is 3. The summed E-state index contributed by atoms with van der Waals surface area (Å²) >= 11 is 5.69. The van der Waals surface area contributed by atoms with E-state index in [1.54, 1.807) is 12.1 Å². The molecule has 98 valence electrons. The number of ether oxygens (including phenoxy) is 1. The lowest BCUT2D eigenvalue weighted by atomic mass is 9.85. The van der Waals surface area contributed by atoms with Crippen LogP contribution in [0.3, 0.4) is 0 Å². The predicted molar refractivity (Wildman–Crippen MR) is 70.7 cm³/mol. The fourth-order valence-corrected chi connectivity index (χ4v) is 2.61. The van der Waals surface area contributed by atoms with Crippen molar-refractivity contribution in [2.75, 3.05) is 0 Å². The van der Waals surface area contributed by atoms with E-state index < -0.39 is 0 Å². The standard InChI is InChI=1S/C14H18ClNO2/c1-2-10-5-3-4-6-12(10)18-14(17)11-7-8-13(15)16-9-11/h7-10,12H,2-6H2,1H3. The first-order valence-electron chi connectivity index (χ1n) is 6.53. The fraction of sp³-hybridized carbons (Fsp3) is 0.571. The average molecular weight is 268 g/mol. The third-order valence-corrected chi connectivity index (χ3v) is 3.81. The van der Waals surface area contributed by atoms with Gasteiger partial charge in [-0.3, -0.25) is 0 Å². The summed E-state index contributed by atoms with van der Waals surface area (Å²) in [5.41, 5.74) is 0.472. The number of hydrogen-bond acceptors (Lipinski definition) is 3. The van der Waals surface area contributed by atoms with Crippen molar-refractivity contribution in [2.45, 2.75) is 45.1 Å². The van der Waals surface area contributed by atoms with Crippen LogP contribution in [0.2, 0.25) is 5.15 Å². The number of aromatic nitrogens is 1. The number of pyridine rings is 1. The van der Waals surface area contributed by atoms with E-state index in [1.807, 2.05) is 0 Å². The molecule has 0 radical (unpaired) electrons. The molecule has 1 aliphatic carbocycles. The van der Waals surface area contributed by atoms with E-state index in [1.165, 1.54) is 12.6 Å². The molecule has 1 fully saturated rings. The molecule has 2 atom stereocenters.